The maximum atomic E-state index is 4.48. The predicted octanol–water partition coefficient (Wildman–Crippen LogP) is 1.84. The normalized spacial score (nSPS) is 16.8. The molecule has 0 aliphatic carbocycles. The Hall–Kier alpha value is -1.81. The summed E-state index contributed by atoms with van der Waals surface area (Å²) in [7, 11) is 4.23. The highest BCUT2D eigenvalue weighted by Gasteiger charge is 2.18. The topological polar surface area (TPSA) is 24.3 Å². The number of piperazine rings is 1. The van der Waals surface area contributed by atoms with Gasteiger partial charge in [-0.25, -0.2) is 4.98 Å². The third-order valence-corrected chi connectivity index (χ3v) is 3.81. The number of hydrogen-bond acceptors (Lipinski definition) is 3. The maximum Gasteiger partial charge on any atom is 0.141 e. The minimum absolute atomic E-state index is 1.04. The third kappa shape index (κ3) is 2.36. The first-order valence-electron chi connectivity index (χ1n) is 6.76. The van der Waals surface area contributed by atoms with E-state index in [9.17, 15) is 0 Å². The molecule has 0 radical (unpaired) electrons. The summed E-state index contributed by atoms with van der Waals surface area (Å²) in [4.78, 5) is 9.32. The van der Waals surface area contributed by atoms with E-state index in [1.165, 1.54) is 11.3 Å². The number of aryl methyl sites for hydroxylation is 1. The molecule has 0 amide bonds. The number of likely N-dealkylation sites (N-methyl/N-ethyl adjacent to an activating group) is 1. The van der Waals surface area contributed by atoms with Gasteiger partial charge in [0.25, 0.3) is 0 Å². The summed E-state index contributed by atoms with van der Waals surface area (Å²) in [6.45, 7) is 4.40. The average molecular weight is 256 g/mol. The highest BCUT2D eigenvalue weighted by molar-refractivity contribution is 5.74. The van der Waals surface area contributed by atoms with E-state index < -0.39 is 0 Å². The van der Waals surface area contributed by atoms with Gasteiger partial charge in [-0.1, -0.05) is 12.1 Å². The summed E-state index contributed by atoms with van der Waals surface area (Å²) in [5.74, 6) is 1.04. The van der Waals surface area contributed by atoms with Gasteiger partial charge in [-0.05, 0) is 19.2 Å². The second-order valence-corrected chi connectivity index (χ2v) is 5.17. The molecule has 0 unspecified atom stereocenters. The molecule has 1 fully saturated rings. The molecule has 1 saturated heterocycles. The summed E-state index contributed by atoms with van der Waals surface area (Å²) in [5, 5.41) is 0. The van der Waals surface area contributed by atoms with E-state index in [1.807, 2.05) is 19.4 Å². The summed E-state index contributed by atoms with van der Waals surface area (Å²) in [6.07, 6.45) is 3.85. The highest BCUT2D eigenvalue weighted by Crippen LogP contribution is 2.29. The second-order valence-electron chi connectivity index (χ2n) is 5.17. The molecule has 2 heterocycles. The molecule has 100 valence electrons. The first kappa shape index (κ1) is 12.2. The molecule has 0 N–H and O–H groups in total. The van der Waals surface area contributed by atoms with Crippen LogP contribution < -0.4 is 4.90 Å². The Bertz CT molecular complexity index is 553. The number of imidazole rings is 1. The number of para-hydroxylation sites is 1. The quantitative estimate of drug-likeness (QED) is 0.819. The van der Waals surface area contributed by atoms with Gasteiger partial charge in [0.2, 0.25) is 0 Å². The Labute approximate surface area is 114 Å². The molecule has 4 nitrogen and oxygen atoms in total. The van der Waals surface area contributed by atoms with Crippen LogP contribution in [0.25, 0.3) is 11.4 Å². The van der Waals surface area contributed by atoms with Crippen LogP contribution in [0, 0.1) is 0 Å². The van der Waals surface area contributed by atoms with Crippen LogP contribution in [0.15, 0.2) is 36.7 Å². The van der Waals surface area contributed by atoms with Crippen molar-refractivity contribution in [2.75, 3.05) is 38.1 Å². The summed E-state index contributed by atoms with van der Waals surface area (Å²) < 4.78 is 2.08. The van der Waals surface area contributed by atoms with E-state index in [-0.39, 0.29) is 0 Å². The number of aromatic nitrogens is 2. The first-order valence-corrected chi connectivity index (χ1v) is 6.76. The van der Waals surface area contributed by atoms with Gasteiger partial charge in [-0.2, -0.15) is 0 Å². The standard InChI is InChI=1S/C15H20N4/c1-17-9-11-19(12-10-17)14-6-4-3-5-13(14)15-16-7-8-18(15)2/h3-8H,9-12H2,1-2H3. The zero-order valence-electron chi connectivity index (χ0n) is 11.6. The van der Waals surface area contributed by atoms with Gasteiger partial charge in [0.1, 0.15) is 5.82 Å². The van der Waals surface area contributed by atoms with Crippen molar-refractivity contribution in [2.24, 2.45) is 7.05 Å². The minimum Gasteiger partial charge on any atom is -0.368 e. The van der Waals surface area contributed by atoms with Gasteiger partial charge in [-0.15, -0.1) is 0 Å². The fraction of sp³-hybridized carbons (Fsp3) is 0.400. The SMILES string of the molecule is CN1CCN(c2ccccc2-c2nccn2C)CC1. The van der Waals surface area contributed by atoms with E-state index >= 15 is 0 Å². The van der Waals surface area contributed by atoms with Crippen LogP contribution in [0.3, 0.4) is 0 Å². The Morgan fingerprint density at radius 3 is 2.42 bits per heavy atom. The maximum absolute atomic E-state index is 4.48. The molecule has 1 aliphatic rings. The predicted molar refractivity (Wildman–Crippen MR) is 78.4 cm³/mol. The van der Waals surface area contributed by atoms with E-state index in [4.69, 9.17) is 0 Å². The van der Waals surface area contributed by atoms with Crippen LogP contribution in [0.5, 0.6) is 0 Å². The zero-order valence-corrected chi connectivity index (χ0v) is 11.6. The Kier molecular flexibility index (Phi) is 3.25. The largest absolute Gasteiger partial charge is 0.368 e. The molecule has 1 aliphatic heterocycles. The van der Waals surface area contributed by atoms with Crippen LogP contribution in [0.4, 0.5) is 5.69 Å². The molecule has 0 atom stereocenters. The fourth-order valence-corrected chi connectivity index (χ4v) is 2.61. The highest BCUT2D eigenvalue weighted by atomic mass is 15.2. The molecule has 4 heteroatoms. The molecule has 0 bridgehead atoms. The van der Waals surface area contributed by atoms with E-state index in [2.05, 4.69) is 50.7 Å². The van der Waals surface area contributed by atoms with Crippen LogP contribution in [0.2, 0.25) is 0 Å². The minimum atomic E-state index is 1.04. The Morgan fingerprint density at radius 1 is 1.00 bits per heavy atom. The van der Waals surface area contributed by atoms with Crippen LogP contribution >= 0.6 is 0 Å². The lowest BCUT2D eigenvalue weighted by Gasteiger charge is -2.35. The van der Waals surface area contributed by atoms with E-state index in [0.717, 1.165) is 32.0 Å². The average Bonchev–Trinajstić information content (AvgIpc) is 2.86. The van der Waals surface area contributed by atoms with Gasteiger partial charge >= 0.3 is 0 Å². The summed E-state index contributed by atoms with van der Waals surface area (Å²) >= 11 is 0. The fourth-order valence-electron chi connectivity index (χ4n) is 2.61. The van der Waals surface area contributed by atoms with Crippen molar-refractivity contribution < 1.29 is 0 Å². The van der Waals surface area contributed by atoms with Crippen molar-refractivity contribution in [2.45, 2.75) is 0 Å². The zero-order chi connectivity index (χ0) is 13.2. The summed E-state index contributed by atoms with van der Waals surface area (Å²) in [6, 6.07) is 8.56. The van der Waals surface area contributed by atoms with Gasteiger partial charge < -0.3 is 14.4 Å². The lowest BCUT2D eigenvalue weighted by atomic mass is 10.1. The lowest BCUT2D eigenvalue weighted by Crippen LogP contribution is -2.44. The van der Waals surface area contributed by atoms with Crippen molar-refractivity contribution in [3.8, 4) is 11.4 Å². The molecule has 1 aromatic heterocycles. The van der Waals surface area contributed by atoms with Crippen molar-refractivity contribution in [1.82, 2.24) is 14.5 Å². The molecule has 1 aromatic carbocycles. The van der Waals surface area contributed by atoms with Crippen molar-refractivity contribution in [1.29, 1.82) is 0 Å². The van der Waals surface area contributed by atoms with Crippen molar-refractivity contribution in [3.63, 3.8) is 0 Å². The summed E-state index contributed by atoms with van der Waals surface area (Å²) in [5.41, 5.74) is 2.52. The van der Waals surface area contributed by atoms with E-state index in [0.29, 0.717) is 0 Å². The third-order valence-electron chi connectivity index (χ3n) is 3.81. The molecule has 3 rings (SSSR count). The van der Waals surface area contributed by atoms with Gasteiger partial charge in [0.05, 0.1) is 0 Å². The molecular formula is C15H20N4. The smallest absolute Gasteiger partial charge is 0.141 e. The Morgan fingerprint density at radius 2 is 1.74 bits per heavy atom. The molecule has 0 spiro atoms. The van der Waals surface area contributed by atoms with Crippen molar-refractivity contribution >= 4 is 5.69 Å². The van der Waals surface area contributed by atoms with Gasteiger partial charge in [-0.3, -0.25) is 0 Å². The van der Waals surface area contributed by atoms with E-state index in [1.54, 1.807) is 0 Å². The first-order chi connectivity index (χ1) is 9.25. The molecule has 19 heavy (non-hydrogen) atoms. The van der Waals surface area contributed by atoms with Gasteiger partial charge in [0, 0.05) is 56.9 Å². The number of rotatable bonds is 2. The Balaban J connectivity index is 1.96. The monoisotopic (exact) mass is 256 g/mol. The number of anilines is 1. The van der Waals surface area contributed by atoms with Crippen LogP contribution in [-0.4, -0.2) is 47.7 Å². The second kappa shape index (κ2) is 5.05. The molecule has 2 aromatic rings. The van der Waals surface area contributed by atoms with Gasteiger partial charge in [0.15, 0.2) is 0 Å². The lowest BCUT2D eigenvalue weighted by molar-refractivity contribution is 0.313. The molecule has 0 saturated carbocycles. The van der Waals surface area contributed by atoms with Crippen molar-refractivity contribution in [3.05, 3.63) is 36.7 Å². The number of benzene rings is 1. The number of hydrogen-bond donors (Lipinski definition) is 0. The molecular weight excluding hydrogens is 236 g/mol. The van der Waals surface area contributed by atoms with Crippen LogP contribution in [-0.2, 0) is 7.05 Å². The van der Waals surface area contributed by atoms with Crippen LogP contribution in [0.1, 0.15) is 0 Å². The number of nitrogens with zero attached hydrogens (tertiary/aromatic N) is 4.